The average molecular weight is 547 g/mol. The highest BCUT2D eigenvalue weighted by atomic mass is 35.5. The summed E-state index contributed by atoms with van der Waals surface area (Å²) < 4.78 is 54.5. The van der Waals surface area contributed by atoms with Crippen LogP contribution in [0.5, 0.6) is 0 Å². The Balaban J connectivity index is 1.63. The van der Waals surface area contributed by atoms with Gasteiger partial charge >= 0.3 is 0 Å². The zero-order valence-electron chi connectivity index (χ0n) is 19.4. The van der Waals surface area contributed by atoms with Gasteiger partial charge in [0.05, 0.1) is 4.90 Å². The van der Waals surface area contributed by atoms with Crippen molar-refractivity contribution in [2.45, 2.75) is 28.5 Å². The molecule has 0 unspecified atom stereocenters. The number of sulfonamides is 1. The Labute approximate surface area is 213 Å². The number of sulfone groups is 1. The Morgan fingerprint density at radius 3 is 2.36 bits per heavy atom. The predicted molar refractivity (Wildman–Crippen MR) is 136 cm³/mol. The number of benzene rings is 2. The molecule has 0 spiro atoms. The minimum Gasteiger partial charge on any atom is -0.349 e. The Kier molecular flexibility index (Phi) is 7.19. The van der Waals surface area contributed by atoms with Gasteiger partial charge in [-0.3, -0.25) is 9.78 Å². The largest absolute Gasteiger partial charge is 0.349 e. The molecule has 0 aliphatic carbocycles. The molecule has 2 heterocycles. The number of nitrogens with one attached hydrogen (secondary N) is 3. The van der Waals surface area contributed by atoms with Gasteiger partial charge in [0.2, 0.25) is 19.9 Å². The highest BCUT2D eigenvalue weighted by Gasteiger charge is 2.30. The summed E-state index contributed by atoms with van der Waals surface area (Å²) in [4.78, 5) is 19.6. The summed E-state index contributed by atoms with van der Waals surface area (Å²) in [6, 6.07) is 12.5. The lowest BCUT2D eigenvalue weighted by molar-refractivity contribution is 0.0947. The molecule has 1 amide bonds. The number of carbonyl (C=O) groups excluding carboxylic acids is 1. The van der Waals surface area contributed by atoms with E-state index in [1.807, 2.05) is 6.07 Å². The van der Waals surface area contributed by atoms with Crippen LogP contribution in [0.4, 0.5) is 0 Å². The molecular weight excluding hydrogens is 524 g/mol. The lowest BCUT2D eigenvalue weighted by Crippen LogP contribution is -2.35. The average Bonchev–Trinajstić information content (AvgIpc) is 3.21. The van der Waals surface area contributed by atoms with Gasteiger partial charge in [-0.1, -0.05) is 17.7 Å². The van der Waals surface area contributed by atoms with Crippen LogP contribution in [0.2, 0.25) is 5.02 Å². The molecule has 0 saturated carbocycles. The first-order valence-electron chi connectivity index (χ1n) is 10.8. The first-order valence-corrected chi connectivity index (χ1v) is 14.2. The normalized spacial score (nSPS) is 12.1. The maximum Gasteiger partial charge on any atom is 0.269 e. The molecular formula is C24H23ClN4O5S2. The highest BCUT2D eigenvalue weighted by Crippen LogP contribution is 2.34. The molecule has 12 heteroatoms. The van der Waals surface area contributed by atoms with Crippen LogP contribution in [0.15, 0.2) is 75.6 Å². The minimum absolute atomic E-state index is 0.00866. The second kappa shape index (κ2) is 10.0. The molecule has 2 aromatic heterocycles. The topological polar surface area (TPSA) is 138 Å². The number of aromatic nitrogens is 2. The van der Waals surface area contributed by atoms with Gasteiger partial charge in [0, 0.05) is 41.4 Å². The summed E-state index contributed by atoms with van der Waals surface area (Å²) in [6.45, 7) is 3.38. The number of pyridine rings is 1. The number of fused-ring (bicyclic) bond motifs is 1. The zero-order valence-corrected chi connectivity index (χ0v) is 21.8. The van der Waals surface area contributed by atoms with Crippen molar-refractivity contribution in [3.63, 3.8) is 0 Å². The third-order valence-corrected chi connectivity index (χ3v) is 8.86. The predicted octanol–water partition coefficient (Wildman–Crippen LogP) is 3.37. The molecule has 0 radical (unpaired) electrons. The molecule has 0 atom stereocenters. The third-order valence-electron chi connectivity index (χ3n) is 5.36. The lowest BCUT2D eigenvalue weighted by atomic mass is 10.2. The van der Waals surface area contributed by atoms with E-state index >= 15 is 0 Å². The summed E-state index contributed by atoms with van der Waals surface area (Å²) in [5.74, 6) is -0.703. The standard InChI is InChI=1S/C24H23ClN4O5S2/c1-15-10-16(2)12-19(11-15)35(31,32)23-20-13-17(25)5-6-21(20)29-22(23)24(30)27-8-9-28-36(33,34)18-4-3-7-26-14-18/h3-7,10-14,28-29H,8-9H2,1-2H3,(H,27,30). The number of halogens is 1. The van der Waals surface area contributed by atoms with E-state index in [0.29, 0.717) is 10.5 Å². The van der Waals surface area contributed by atoms with Gasteiger partial charge in [0.25, 0.3) is 5.91 Å². The first-order chi connectivity index (χ1) is 17.0. The van der Waals surface area contributed by atoms with Crippen LogP contribution in [0.1, 0.15) is 21.6 Å². The van der Waals surface area contributed by atoms with Gasteiger partial charge in [-0.15, -0.1) is 0 Å². The molecule has 0 bridgehead atoms. The fourth-order valence-corrected chi connectivity index (χ4v) is 6.78. The van der Waals surface area contributed by atoms with Gasteiger partial charge in [0.15, 0.2) is 0 Å². The molecule has 0 aliphatic rings. The van der Waals surface area contributed by atoms with E-state index in [1.54, 1.807) is 38.1 Å². The smallest absolute Gasteiger partial charge is 0.269 e. The van der Waals surface area contributed by atoms with Crippen molar-refractivity contribution >= 4 is 48.3 Å². The fraction of sp³-hybridized carbons (Fsp3) is 0.167. The lowest BCUT2D eigenvalue weighted by Gasteiger charge is -2.10. The molecule has 4 rings (SSSR count). The molecule has 36 heavy (non-hydrogen) atoms. The monoisotopic (exact) mass is 546 g/mol. The number of aromatic amines is 1. The van der Waals surface area contributed by atoms with Crippen molar-refractivity contribution in [3.8, 4) is 0 Å². The fourth-order valence-electron chi connectivity index (χ4n) is 3.82. The molecule has 4 aromatic rings. The minimum atomic E-state index is -4.12. The summed E-state index contributed by atoms with van der Waals surface area (Å²) >= 11 is 6.14. The zero-order chi connectivity index (χ0) is 26.1. The van der Waals surface area contributed by atoms with Crippen LogP contribution in [-0.4, -0.2) is 45.8 Å². The third kappa shape index (κ3) is 5.29. The van der Waals surface area contributed by atoms with E-state index in [4.69, 9.17) is 11.6 Å². The number of amides is 1. The first kappa shape index (κ1) is 25.8. The number of H-pyrrole nitrogens is 1. The molecule has 9 nitrogen and oxygen atoms in total. The van der Waals surface area contributed by atoms with Gasteiger partial charge in [-0.2, -0.15) is 0 Å². The van der Waals surface area contributed by atoms with E-state index in [9.17, 15) is 21.6 Å². The summed E-state index contributed by atoms with van der Waals surface area (Å²) in [5.41, 5.74) is 1.78. The van der Waals surface area contributed by atoms with E-state index < -0.39 is 25.8 Å². The van der Waals surface area contributed by atoms with Gasteiger partial charge in [-0.05, 0) is 67.4 Å². The molecule has 0 fully saturated rings. The van der Waals surface area contributed by atoms with Crippen LogP contribution in [0.3, 0.4) is 0 Å². The van der Waals surface area contributed by atoms with Crippen molar-refractivity contribution in [1.82, 2.24) is 20.0 Å². The number of hydrogen-bond donors (Lipinski definition) is 3. The number of aryl methyl sites for hydroxylation is 2. The maximum atomic E-state index is 13.7. The van der Waals surface area contributed by atoms with Crippen LogP contribution < -0.4 is 10.0 Å². The second-order valence-corrected chi connectivity index (χ2v) is 12.3. The summed E-state index contributed by atoms with van der Waals surface area (Å²) in [7, 11) is -7.92. The van der Waals surface area contributed by atoms with Crippen LogP contribution >= 0.6 is 11.6 Å². The quantitative estimate of drug-likeness (QED) is 0.290. The Hall–Kier alpha value is -3.25. The van der Waals surface area contributed by atoms with E-state index in [-0.39, 0.29) is 38.9 Å². The van der Waals surface area contributed by atoms with Crippen LogP contribution in [0.25, 0.3) is 10.9 Å². The number of carbonyl (C=O) groups is 1. The van der Waals surface area contributed by atoms with E-state index in [0.717, 1.165) is 11.1 Å². The molecule has 0 saturated heterocycles. The van der Waals surface area contributed by atoms with Crippen molar-refractivity contribution in [2.75, 3.05) is 13.1 Å². The van der Waals surface area contributed by atoms with Crippen molar-refractivity contribution in [1.29, 1.82) is 0 Å². The Bertz CT molecular complexity index is 1650. The molecule has 188 valence electrons. The number of hydrogen-bond acceptors (Lipinski definition) is 6. The molecule has 2 aromatic carbocycles. The van der Waals surface area contributed by atoms with Gasteiger partial charge in [-0.25, -0.2) is 21.6 Å². The maximum absolute atomic E-state index is 13.7. The van der Waals surface area contributed by atoms with Crippen molar-refractivity contribution in [2.24, 2.45) is 0 Å². The van der Waals surface area contributed by atoms with Gasteiger partial charge < -0.3 is 10.3 Å². The van der Waals surface area contributed by atoms with Crippen molar-refractivity contribution in [3.05, 3.63) is 82.8 Å². The van der Waals surface area contributed by atoms with Gasteiger partial charge in [0.1, 0.15) is 15.5 Å². The van der Waals surface area contributed by atoms with Crippen LogP contribution in [-0.2, 0) is 19.9 Å². The number of rotatable bonds is 8. The molecule has 3 N–H and O–H groups in total. The number of nitrogens with zero attached hydrogens (tertiary/aromatic N) is 1. The summed E-state index contributed by atoms with van der Waals surface area (Å²) in [6.07, 6.45) is 2.66. The van der Waals surface area contributed by atoms with Crippen LogP contribution in [0, 0.1) is 13.8 Å². The SMILES string of the molecule is Cc1cc(C)cc(S(=O)(=O)c2c(C(=O)NCCNS(=O)(=O)c3cccnc3)[nH]c3ccc(Cl)cc23)c1. The Morgan fingerprint density at radius 2 is 1.69 bits per heavy atom. The second-order valence-electron chi connectivity index (χ2n) is 8.19. The van der Waals surface area contributed by atoms with Crippen molar-refractivity contribution < 1.29 is 21.6 Å². The summed E-state index contributed by atoms with van der Waals surface area (Å²) in [5, 5.41) is 3.17. The highest BCUT2D eigenvalue weighted by molar-refractivity contribution is 7.91. The van der Waals surface area contributed by atoms with E-state index in [2.05, 4.69) is 20.0 Å². The Morgan fingerprint density at radius 1 is 0.972 bits per heavy atom. The molecule has 0 aliphatic heterocycles. The van der Waals surface area contributed by atoms with E-state index in [1.165, 1.54) is 30.6 Å².